The van der Waals surface area contributed by atoms with E-state index in [0.717, 1.165) is 29.8 Å². The van der Waals surface area contributed by atoms with E-state index in [1.54, 1.807) is 13.2 Å². The maximum atomic E-state index is 12.2. The van der Waals surface area contributed by atoms with Crippen LogP contribution in [0.5, 0.6) is 17.2 Å². The van der Waals surface area contributed by atoms with Crippen LogP contribution in [0.4, 0.5) is 5.69 Å². The van der Waals surface area contributed by atoms with Crippen LogP contribution in [0.25, 0.3) is 6.08 Å². The standard InChI is InChI=1S/C23H29NO4/c1-5-6-15-27-20-11-9-19(10-12-20)24-23(25)14-8-18-7-13-21(28-17(2)3)22(16-18)26-4/h7-14,16-17H,5-6,15H2,1-4H3,(H,24,25)/b14-8+. The van der Waals surface area contributed by atoms with E-state index in [-0.39, 0.29) is 12.0 Å². The molecule has 0 spiro atoms. The number of anilines is 1. The Kier molecular flexibility index (Phi) is 8.40. The summed E-state index contributed by atoms with van der Waals surface area (Å²) in [6, 6.07) is 12.9. The highest BCUT2D eigenvalue weighted by molar-refractivity contribution is 6.01. The van der Waals surface area contributed by atoms with E-state index in [1.807, 2.05) is 56.3 Å². The number of amides is 1. The number of carbonyl (C=O) groups excluding carboxylic acids is 1. The Hall–Kier alpha value is -2.95. The molecule has 5 nitrogen and oxygen atoms in total. The van der Waals surface area contributed by atoms with E-state index in [1.165, 1.54) is 6.08 Å². The summed E-state index contributed by atoms with van der Waals surface area (Å²) < 4.78 is 16.7. The van der Waals surface area contributed by atoms with Gasteiger partial charge in [-0.1, -0.05) is 19.4 Å². The van der Waals surface area contributed by atoms with E-state index in [9.17, 15) is 4.79 Å². The first-order valence-electron chi connectivity index (χ1n) is 9.58. The molecule has 0 aliphatic heterocycles. The molecule has 0 aliphatic carbocycles. The molecule has 2 aromatic rings. The van der Waals surface area contributed by atoms with Gasteiger partial charge in [-0.15, -0.1) is 0 Å². The Bertz CT molecular complexity index is 782. The van der Waals surface area contributed by atoms with Crippen molar-refractivity contribution < 1.29 is 19.0 Å². The monoisotopic (exact) mass is 383 g/mol. The van der Waals surface area contributed by atoms with E-state index in [0.29, 0.717) is 18.1 Å². The maximum Gasteiger partial charge on any atom is 0.248 e. The van der Waals surface area contributed by atoms with Crippen molar-refractivity contribution in [3.05, 3.63) is 54.1 Å². The van der Waals surface area contributed by atoms with Crippen LogP contribution in [-0.2, 0) is 4.79 Å². The molecule has 0 saturated carbocycles. The van der Waals surface area contributed by atoms with Gasteiger partial charge < -0.3 is 19.5 Å². The molecule has 0 saturated heterocycles. The summed E-state index contributed by atoms with van der Waals surface area (Å²) in [6.07, 6.45) is 5.41. The molecule has 0 aromatic heterocycles. The smallest absolute Gasteiger partial charge is 0.248 e. The molecule has 0 fully saturated rings. The van der Waals surface area contributed by atoms with Gasteiger partial charge in [0.2, 0.25) is 5.91 Å². The quantitative estimate of drug-likeness (QED) is 0.446. The van der Waals surface area contributed by atoms with Crippen LogP contribution in [-0.4, -0.2) is 25.7 Å². The first-order chi connectivity index (χ1) is 13.5. The van der Waals surface area contributed by atoms with Crippen molar-refractivity contribution in [1.82, 2.24) is 0 Å². The molecule has 0 heterocycles. The Morgan fingerprint density at radius 2 is 1.86 bits per heavy atom. The van der Waals surface area contributed by atoms with Gasteiger partial charge in [-0.25, -0.2) is 0 Å². The fourth-order valence-corrected chi connectivity index (χ4v) is 2.46. The average molecular weight is 383 g/mol. The van der Waals surface area contributed by atoms with Gasteiger partial charge in [-0.2, -0.15) is 0 Å². The van der Waals surface area contributed by atoms with Crippen molar-refractivity contribution in [3.8, 4) is 17.2 Å². The van der Waals surface area contributed by atoms with Crippen LogP contribution < -0.4 is 19.5 Å². The minimum Gasteiger partial charge on any atom is -0.494 e. The molecule has 1 amide bonds. The van der Waals surface area contributed by atoms with Gasteiger partial charge in [0.1, 0.15) is 5.75 Å². The molecule has 0 bridgehead atoms. The summed E-state index contributed by atoms with van der Waals surface area (Å²) >= 11 is 0. The average Bonchev–Trinajstić information content (AvgIpc) is 2.68. The van der Waals surface area contributed by atoms with Crippen LogP contribution >= 0.6 is 0 Å². The van der Waals surface area contributed by atoms with Crippen LogP contribution in [0, 0.1) is 0 Å². The third kappa shape index (κ3) is 6.99. The largest absolute Gasteiger partial charge is 0.494 e. The molecule has 1 N–H and O–H groups in total. The first kappa shape index (κ1) is 21.4. The minimum atomic E-state index is -0.207. The zero-order valence-electron chi connectivity index (χ0n) is 17.0. The number of unbranched alkanes of at least 4 members (excludes halogenated alkanes) is 1. The Morgan fingerprint density at radius 1 is 1.11 bits per heavy atom. The van der Waals surface area contributed by atoms with E-state index in [2.05, 4.69) is 12.2 Å². The number of carbonyl (C=O) groups is 1. The summed E-state index contributed by atoms with van der Waals surface area (Å²) in [7, 11) is 1.60. The number of nitrogens with one attached hydrogen (secondary N) is 1. The van der Waals surface area contributed by atoms with Crippen molar-refractivity contribution >= 4 is 17.7 Å². The summed E-state index contributed by atoms with van der Waals surface area (Å²) in [5.74, 6) is 1.91. The molecule has 0 unspecified atom stereocenters. The third-order valence-corrected chi connectivity index (χ3v) is 3.87. The molecular weight excluding hydrogens is 354 g/mol. The number of hydrogen-bond donors (Lipinski definition) is 1. The lowest BCUT2D eigenvalue weighted by molar-refractivity contribution is -0.111. The molecule has 5 heteroatoms. The van der Waals surface area contributed by atoms with Crippen LogP contribution in [0.2, 0.25) is 0 Å². The lowest BCUT2D eigenvalue weighted by atomic mass is 10.2. The van der Waals surface area contributed by atoms with Gasteiger partial charge in [0.15, 0.2) is 11.5 Å². The van der Waals surface area contributed by atoms with Crippen molar-refractivity contribution in [2.24, 2.45) is 0 Å². The molecule has 28 heavy (non-hydrogen) atoms. The Morgan fingerprint density at radius 3 is 2.50 bits per heavy atom. The van der Waals surface area contributed by atoms with Gasteiger partial charge in [0, 0.05) is 11.8 Å². The fourth-order valence-electron chi connectivity index (χ4n) is 2.46. The molecular formula is C23H29NO4. The van der Waals surface area contributed by atoms with Crippen molar-refractivity contribution in [2.45, 2.75) is 39.7 Å². The lowest BCUT2D eigenvalue weighted by Crippen LogP contribution is -2.08. The molecule has 2 aromatic carbocycles. The van der Waals surface area contributed by atoms with Gasteiger partial charge >= 0.3 is 0 Å². The number of methoxy groups -OCH3 is 1. The summed E-state index contributed by atoms with van der Waals surface area (Å²) in [4.78, 5) is 12.2. The number of ether oxygens (including phenoxy) is 3. The predicted molar refractivity (Wildman–Crippen MR) is 113 cm³/mol. The van der Waals surface area contributed by atoms with Crippen LogP contribution in [0.15, 0.2) is 48.5 Å². The van der Waals surface area contributed by atoms with Gasteiger partial charge in [0.25, 0.3) is 0 Å². The molecule has 0 atom stereocenters. The SMILES string of the molecule is CCCCOc1ccc(NC(=O)/C=C/c2ccc(OC(C)C)c(OC)c2)cc1. The highest BCUT2D eigenvalue weighted by atomic mass is 16.5. The summed E-state index contributed by atoms with van der Waals surface area (Å²) in [5, 5.41) is 2.84. The minimum absolute atomic E-state index is 0.0597. The van der Waals surface area contributed by atoms with E-state index < -0.39 is 0 Å². The van der Waals surface area contributed by atoms with Crippen LogP contribution in [0.3, 0.4) is 0 Å². The number of hydrogen-bond acceptors (Lipinski definition) is 4. The normalized spacial score (nSPS) is 10.9. The highest BCUT2D eigenvalue weighted by Crippen LogP contribution is 2.29. The van der Waals surface area contributed by atoms with E-state index >= 15 is 0 Å². The lowest BCUT2D eigenvalue weighted by Gasteiger charge is -2.13. The second-order valence-corrected chi connectivity index (χ2v) is 6.63. The maximum absolute atomic E-state index is 12.2. The summed E-state index contributed by atoms with van der Waals surface area (Å²) in [5.41, 5.74) is 1.57. The van der Waals surface area contributed by atoms with Gasteiger partial charge in [-0.05, 0) is 68.3 Å². The van der Waals surface area contributed by atoms with Gasteiger partial charge in [0.05, 0.1) is 19.8 Å². The number of benzene rings is 2. The molecule has 2 rings (SSSR count). The zero-order chi connectivity index (χ0) is 20.4. The Labute approximate surface area is 167 Å². The molecule has 0 radical (unpaired) electrons. The predicted octanol–water partition coefficient (Wildman–Crippen LogP) is 5.31. The third-order valence-electron chi connectivity index (χ3n) is 3.87. The highest BCUT2D eigenvalue weighted by Gasteiger charge is 2.07. The summed E-state index contributed by atoms with van der Waals surface area (Å²) in [6.45, 7) is 6.75. The van der Waals surface area contributed by atoms with Crippen molar-refractivity contribution in [1.29, 1.82) is 0 Å². The Balaban J connectivity index is 1.94. The van der Waals surface area contributed by atoms with Crippen molar-refractivity contribution in [3.63, 3.8) is 0 Å². The topological polar surface area (TPSA) is 56.8 Å². The van der Waals surface area contributed by atoms with Gasteiger partial charge in [-0.3, -0.25) is 4.79 Å². The van der Waals surface area contributed by atoms with Crippen molar-refractivity contribution in [2.75, 3.05) is 19.0 Å². The van der Waals surface area contributed by atoms with E-state index in [4.69, 9.17) is 14.2 Å². The van der Waals surface area contributed by atoms with Crippen LogP contribution in [0.1, 0.15) is 39.2 Å². The second-order valence-electron chi connectivity index (χ2n) is 6.63. The zero-order valence-corrected chi connectivity index (χ0v) is 17.0. The number of rotatable bonds is 10. The second kappa shape index (κ2) is 11.0. The molecule has 0 aliphatic rings. The molecule has 150 valence electrons. The fraction of sp³-hybridized carbons (Fsp3) is 0.348. The first-order valence-corrected chi connectivity index (χ1v) is 9.58.